The highest BCUT2D eigenvalue weighted by molar-refractivity contribution is 5.76. The van der Waals surface area contributed by atoms with E-state index in [1.807, 2.05) is 0 Å². The summed E-state index contributed by atoms with van der Waals surface area (Å²) in [6.07, 6.45) is -1.31. The zero-order valence-corrected chi connectivity index (χ0v) is 10.0. The fourth-order valence-corrected chi connectivity index (χ4v) is 2.12. The molecule has 0 bridgehead atoms. The molecule has 0 radical (unpaired) electrons. The lowest BCUT2D eigenvalue weighted by Crippen LogP contribution is -2.43. The predicted molar refractivity (Wildman–Crippen MR) is 60.7 cm³/mol. The Bertz CT molecular complexity index is 281. The SMILES string of the molecule is O=CNC(CCCN1CC(F)CC(F)C1)C(=O)O. The third-order valence-electron chi connectivity index (χ3n) is 2.96. The first kappa shape index (κ1) is 14.8. The van der Waals surface area contributed by atoms with Gasteiger partial charge in [-0.1, -0.05) is 0 Å². The van der Waals surface area contributed by atoms with Crippen molar-refractivity contribution in [3.05, 3.63) is 0 Å². The second-order valence-electron chi connectivity index (χ2n) is 4.51. The van der Waals surface area contributed by atoms with Crippen molar-refractivity contribution in [2.45, 2.75) is 37.6 Å². The maximum absolute atomic E-state index is 13.1. The van der Waals surface area contributed by atoms with Crippen molar-refractivity contribution in [2.75, 3.05) is 19.6 Å². The van der Waals surface area contributed by atoms with Gasteiger partial charge in [-0.15, -0.1) is 0 Å². The van der Waals surface area contributed by atoms with Gasteiger partial charge >= 0.3 is 5.97 Å². The Labute approximate surface area is 104 Å². The summed E-state index contributed by atoms with van der Waals surface area (Å²) < 4.78 is 26.2. The minimum absolute atomic E-state index is 0.0546. The Morgan fingerprint density at radius 3 is 2.56 bits per heavy atom. The molecule has 1 saturated heterocycles. The lowest BCUT2D eigenvalue weighted by atomic mass is 10.1. The number of hydrogen-bond acceptors (Lipinski definition) is 3. The highest BCUT2D eigenvalue weighted by atomic mass is 19.1. The molecular weight excluding hydrogens is 246 g/mol. The van der Waals surface area contributed by atoms with E-state index in [0.717, 1.165) is 0 Å². The monoisotopic (exact) mass is 264 g/mol. The highest BCUT2D eigenvalue weighted by Crippen LogP contribution is 2.16. The zero-order chi connectivity index (χ0) is 13.5. The Kier molecular flexibility index (Phi) is 5.97. The van der Waals surface area contributed by atoms with Gasteiger partial charge in [0.15, 0.2) is 0 Å². The fraction of sp³-hybridized carbons (Fsp3) is 0.818. The number of amides is 1. The molecule has 0 spiro atoms. The van der Waals surface area contributed by atoms with Crippen molar-refractivity contribution in [3.8, 4) is 0 Å². The van der Waals surface area contributed by atoms with Crippen LogP contribution in [0.5, 0.6) is 0 Å². The summed E-state index contributed by atoms with van der Waals surface area (Å²) in [5, 5.41) is 11.0. The van der Waals surface area contributed by atoms with E-state index in [1.165, 1.54) is 0 Å². The van der Waals surface area contributed by atoms with Gasteiger partial charge in [0.05, 0.1) is 0 Å². The molecule has 3 unspecified atom stereocenters. The van der Waals surface area contributed by atoms with Crippen molar-refractivity contribution in [1.29, 1.82) is 0 Å². The lowest BCUT2D eigenvalue weighted by molar-refractivity contribution is -0.140. The van der Waals surface area contributed by atoms with E-state index >= 15 is 0 Å². The largest absolute Gasteiger partial charge is 0.480 e. The summed E-state index contributed by atoms with van der Waals surface area (Å²) in [7, 11) is 0. The first-order chi connectivity index (χ1) is 8.52. The van der Waals surface area contributed by atoms with Crippen LogP contribution in [0.3, 0.4) is 0 Å². The predicted octanol–water partition coefficient (Wildman–Crippen LogP) is 0.348. The number of alkyl halides is 2. The number of nitrogens with zero attached hydrogens (tertiary/aromatic N) is 1. The number of rotatable bonds is 7. The summed E-state index contributed by atoms with van der Waals surface area (Å²) >= 11 is 0. The topological polar surface area (TPSA) is 69.6 Å². The molecule has 0 aromatic rings. The van der Waals surface area contributed by atoms with E-state index < -0.39 is 24.4 Å². The molecule has 1 aliphatic heterocycles. The van der Waals surface area contributed by atoms with Crippen LogP contribution in [0, 0.1) is 0 Å². The number of carboxylic acid groups (broad SMARTS) is 1. The molecule has 2 N–H and O–H groups in total. The number of piperidine rings is 1. The summed E-state index contributed by atoms with van der Waals surface area (Å²) in [4.78, 5) is 22.6. The summed E-state index contributed by atoms with van der Waals surface area (Å²) in [5.41, 5.74) is 0. The van der Waals surface area contributed by atoms with Crippen LogP contribution in [0.4, 0.5) is 8.78 Å². The number of carboxylic acids is 1. The normalized spacial score (nSPS) is 26.6. The molecule has 3 atom stereocenters. The molecule has 1 heterocycles. The molecule has 0 aromatic heterocycles. The standard InChI is InChI=1S/C11H18F2N2O3/c12-8-4-9(13)6-15(5-8)3-1-2-10(11(17)18)14-7-16/h7-10H,1-6H2,(H,14,16)(H,17,18). The Morgan fingerprint density at radius 1 is 1.44 bits per heavy atom. The highest BCUT2D eigenvalue weighted by Gasteiger charge is 2.26. The molecule has 1 amide bonds. The summed E-state index contributed by atoms with van der Waals surface area (Å²) in [6.45, 7) is 0.823. The van der Waals surface area contributed by atoms with Crippen LogP contribution in [0.1, 0.15) is 19.3 Å². The second kappa shape index (κ2) is 7.25. The van der Waals surface area contributed by atoms with Gasteiger partial charge in [-0.2, -0.15) is 0 Å². The quantitative estimate of drug-likeness (QED) is 0.651. The molecular formula is C11H18F2N2O3. The molecule has 1 aliphatic rings. The van der Waals surface area contributed by atoms with E-state index in [1.54, 1.807) is 4.90 Å². The minimum Gasteiger partial charge on any atom is -0.480 e. The third kappa shape index (κ3) is 4.95. The summed E-state index contributed by atoms with van der Waals surface area (Å²) in [6, 6.07) is -0.936. The number of hydrogen-bond donors (Lipinski definition) is 2. The van der Waals surface area contributed by atoms with E-state index in [9.17, 15) is 18.4 Å². The maximum Gasteiger partial charge on any atom is 0.326 e. The zero-order valence-electron chi connectivity index (χ0n) is 10.0. The molecule has 1 fully saturated rings. The van der Waals surface area contributed by atoms with Gasteiger partial charge in [-0.3, -0.25) is 9.69 Å². The maximum atomic E-state index is 13.1. The van der Waals surface area contributed by atoms with Crippen LogP contribution in [-0.4, -0.2) is 60.4 Å². The van der Waals surface area contributed by atoms with Gasteiger partial charge in [0.25, 0.3) is 0 Å². The second-order valence-corrected chi connectivity index (χ2v) is 4.51. The van der Waals surface area contributed by atoms with Crippen LogP contribution < -0.4 is 5.32 Å². The van der Waals surface area contributed by atoms with E-state index in [2.05, 4.69) is 5.32 Å². The molecule has 18 heavy (non-hydrogen) atoms. The van der Waals surface area contributed by atoms with Gasteiger partial charge < -0.3 is 10.4 Å². The molecule has 5 nitrogen and oxygen atoms in total. The van der Waals surface area contributed by atoms with Gasteiger partial charge in [0.1, 0.15) is 18.4 Å². The molecule has 1 rings (SSSR count). The first-order valence-corrected chi connectivity index (χ1v) is 5.96. The Hall–Kier alpha value is -1.24. The van der Waals surface area contributed by atoms with Crippen molar-refractivity contribution in [1.82, 2.24) is 10.2 Å². The molecule has 7 heteroatoms. The number of carbonyl (C=O) groups excluding carboxylic acids is 1. The number of aliphatic carboxylic acids is 1. The van der Waals surface area contributed by atoms with Crippen LogP contribution >= 0.6 is 0 Å². The van der Waals surface area contributed by atoms with Gasteiger partial charge in [-0.25, -0.2) is 13.6 Å². The van der Waals surface area contributed by atoms with Gasteiger partial charge in [0.2, 0.25) is 6.41 Å². The van der Waals surface area contributed by atoms with Crippen molar-refractivity contribution in [2.24, 2.45) is 0 Å². The van der Waals surface area contributed by atoms with Gasteiger partial charge in [0, 0.05) is 19.5 Å². The first-order valence-electron chi connectivity index (χ1n) is 5.96. The Balaban J connectivity index is 2.27. The van der Waals surface area contributed by atoms with Gasteiger partial charge in [-0.05, 0) is 19.4 Å². The minimum atomic E-state index is -1.16. The third-order valence-corrected chi connectivity index (χ3v) is 2.96. The summed E-state index contributed by atoms with van der Waals surface area (Å²) in [5.74, 6) is -1.10. The van der Waals surface area contributed by atoms with Crippen LogP contribution in [0.15, 0.2) is 0 Å². The fourth-order valence-electron chi connectivity index (χ4n) is 2.12. The number of likely N-dealkylation sites (tertiary alicyclic amines) is 1. The van der Waals surface area contributed by atoms with Crippen molar-refractivity contribution >= 4 is 12.4 Å². The lowest BCUT2D eigenvalue weighted by Gasteiger charge is -2.31. The van der Waals surface area contributed by atoms with Crippen LogP contribution in [-0.2, 0) is 9.59 Å². The van der Waals surface area contributed by atoms with Crippen LogP contribution in [0.2, 0.25) is 0 Å². The average molecular weight is 264 g/mol. The molecule has 0 saturated carbocycles. The van der Waals surface area contributed by atoms with E-state index in [4.69, 9.17) is 5.11 Å². The molecule has 0 aromatic carbocycles. The van der Waals surface area contributed by atoms with Crippen LogP contribution in [0.25, 0.3) is 0 Å². The number of carbonyl (C=O) groups is 2. The average Bonchev–Trinajstić information content (AvgIpc) is 2.26. The van der Waals surface area contributed by atoms with E-state index in [0.29, 0.717) is 19.4 Å². The smallest absolute Gasteiger partial charge is 0.326 e. The number of halogens is 2. The van der Waals surface area contributed by atoms with E-state index in [-0.39, 0.29) is 25.9 Å². The van der Waals surface area contributed by atoms with Crippen molar-refractivity contribution in [3.63, 3.8) is 0 Å². The Morgan fingerprint density at radius 2 is 2.06 bits per heavy atom. The molecule has 0 aliphatic carbocycles. The number of nitrogens with one attached hydrogen (secondary N) is 1. The van der Waals surface area contributed by atoms with Crippen molar-refractivity contribution < 1.29 is 23.5 Å². The molecule has 104 valence electrons.